The highest BCUT2D eigenvalue weighted by Crippen LogP contribution is 2.33. The first-order valence-corrected chi connectivity index (χ1v) is 8.25. The molecule has 1 aliphatic rings. The number of likely N-dealkylation sites (N-methyl/N-ethyl adjacent to an activating group) is 1. The Balaban J connectivity index is 1.81. The molecule has 0 fully saturated rings. The van der Waals surface area contributed by atoms with Gasteiger partial charge in [-0.2, -0.15) is 0 Å². The molecule has 2 aromatic rings. The topological polar surface area (TPSA) is 111 Å². The third-order valence-electron chi connectivity index (χ3n) is 4.08. The van der Waals surface area contributed by atoms with Crippen molar-refractivity contribution in [1.29, 1.82) is 0 Å². The Morgan fingerprint density at radius 1 is 1.36 bits per heavy atom. The van der Waals surface area contributed by atoms with Crippen molar-refractivity contribution in [3.05, 3.63) is 58.4 Å². The molecular formula is C18H16FN3O6. The Morgan fingerprint density at radius 2 is 2.11 bits per heavy atom. The number of hydrogen-bond donors (Lipinski definition) is 1. The molecule has 1 atom stereocenters. The zero-order valence-corrected chi connectivity index (χ0v) is 14.8. The third kappa shape index (κ3) is 3.85. The molecule has 1 heterocycles. The molecule has 0 spiro atoms. The van der Waals surface area contributed by atoms with E-state index in [-0.39, 0.29) is 12.3 Å². The first kappa shape index (κ1) is 19.1. The van der Waals surface area contributed by atoms with E-state index in [0.29, 0.717) is 11.4 Å². The van der Waals surface area contributed by atoms with Gasteiger partial charge >= 0.3 is 5.69 Å². The smallest absolute Gasteiger partial charge is 0.311 e. The van der Waals surface area contributed by atoms with Gasteiger partial charge in [-0.05, 0) is 18.2 Å². The van der Waals surface area contributed by atoms with Crippen LogP contribution < -0.4 is 19.7 Å². The van der Waals surface area contributed by atoms with Gasteiger partial charge in [0.05, 0.1) is 17.2 Å². The fraction of sp³-hybridized carbons (Fsp3) is 0.222. The van der Waals surface area contributed by atoms with Crippen LogP contribution >= 0.6 is 0 Å². The molecular weight excluding hydrogens is 373 g/mol. The number of nitrogens with one attached hydrogen (secondary N) is 1. The summed E-state index contributed by atoms with van der Waals surface area (Å²) in [7, 11) is 1.45. The number of benzene rings is 2. The van der Waals surface area contributed by atoms with Crippen molar-refractivity contribution in [3.63, 3.8) is 0 Å². The monoisotopic (exact) mass is 389 g/mol. The second-order valence-corrected chi connectivity index (χ2v) is 5.85. The number of ether oxygens (including phenoxy) is 2. The number of hydrogen-bond acceptors (Lipinski definition) is 6. The van der Waals surface area contributed by atoms with Gasteiger partial charge in [-0.3, -0.25) is 19.7 Å². The summed E-state index contributed by atoms with van der Waals surface area (Å²) in [5.74, 6) is -1.73. The molecule has 0 aromatic heterocycles. The van der Waals surface area contributed by atoms with Crippen molar-refractivity contribution < 1.29 is 28.4 Å². The molecule has 1 N–H and O–H groups in total. The maximum Gasteiger partial charge on any atom is 0.311 e. The molecule has 10 heteroatoms. The van der Waals surface area contributed by atoms with Crippen molar-refractivity contribution in [3.8, 4) is 11.5 Å². The van der Waals surface area contributed by atoms with Gasteiger partial charge in [0.15, 0.2) is 12.7 Å². The summed E-state index contributed by atoms with van der Waals surface area (Å²) >= 11 is 0. The SMILES string of the molecule is CNC(=O)C1CN(C(=O)COc2cc(F)ccc2[N+](=O)[O-])c2ccccc2O1. The second-order valence-electron chi connectivity index (χ2n) is 5.85. The van der Waals surface area contributed by atoms with Crippen molar-refractivity contribution in [2.24, 2.45) is 0 Å². The van der Waals surface area contributed by atoms with Crippen LogP contribution in [-0.4, -0.2) is 43.0 Å². The van der Waals surface area contributed by atoms with Crippen LogP contribution in [0.15, 0.2) is 42.5 Å². The van der Waals surface area contributed by atoms with Gasteiger partial charge in [0.1, 0.15) is 11.6 Å². The Kier molecular flexibility index (Phi) is 5.39. The molecule has 1 aliphatic heterocycles. The number of nitrogens with zero attached hydrogens (tertiary/aromatic N) is 2. The minimum atomic E-state index is -0.924. The molecule has 1 unspecified atom stereocenters. The predicted molar refractivity (Wildman–Crippen MR) is 95.8 cm³/mol. The minimum Gasteiger partial charge on any atom is -0.477 e. The van der Waals surface area contributed by atoms with E-state index in [4.69, 9.17) is 9.47 Å². The van der Waals surface area contributed by atoms with E-state index in [0.717, 1.165) is 18.2 Å². The fourth-order valence-electron chi connectivity index (χ4n) is 2.74. The number of carbonyl (C=O) groups excluding carboxylic acids is 2. The number of anilines is 1. The first-order valence-electron chi connectivity index (χ1n) is 8.25. The summed E-state index contributed by atoms with van der Waals surface area (Å²) in [6, 6.07) is 9.37. The number of halogens is 1. The third-order valence-corrected chi connectivity index (χ3v) is 4.08. The molecule has 2 amide bonds. The normalized spacial score (nSPS) is 15.2. The second kappa shape index (κ2) is 7.91. The Bertz CT molecular complexity index is 935. The van der Waals surface area contributed by atoms with Crippen LogP contribution in [0.2, 0.25) is 0 Å². The van der Waals surface area contributed by atoms with E-state index >= 15 is 0 Å². The standard InChI is InChI=1S/C18H16FN3O6/c1-20-18(24)16-9-21(12-4-2-3-5-14(12)28-16)17(23)10-27-15-8-11(19)6-7-13(15)22(25)26/h2-8,16H,9-10H2,1H3,(H,20,24). The molecule has 146 valence electrons. The number of rotatable bonds is 5. The van der Waals surface area contributed by atoms with Crippen LogP contribution in [0.1, 0.15) is 0 Å². The summed E-state index contributed by atoms with van der Waals surface area (Å²) in [5, 5.41) is 13.5. The highest BCUT2D eigenvalue weighted by Gasteiger charge is 2.33. The van der Waals surface area contributed by atoms with Gasteiger partial charge in [0.25, 0.3) is 11.8 Å². The number of amides is 2. The summed E-state index contributed by atoms with van der Waals surface area (Å²) in [6.45, 7) is -0.650. The summed E-state index contributed by atoms with van der Waals surface area (Å²) in [5.41, 5.74) is -0.0233. The van der Waals surface area contributed by atoms with Crippen molar-refractivity contribution in [2.75, 3.05) is 25.1 Å². The van der Waals surface area contributed by atoms with Gasteiger partial charge < -0.3 is 19.7 Å². The number of fused-ring (bicyclic) bond motifs is 1. The highest BCUT2D eigenvalue weighted by molar-refractivity contribution is 5.98. The number of nitro benzene ring substituents is 1. The maximum absolute atomic E-state index is 13.4. The van der Waals surface area contributed by atoms with Crippen LogP contribution in [0.5, 0.6) is 11.5 Å². The molecule has 2 aromatic carbocycles. The van der Waals surface area contributed by atoms with Crippen molar-refractivity contribution >= 4 is 23.2 Å². The Hall–Kier alpha value is -3.69. The molecule has 0 bridgehead atoms. The van der Waals surface area contributed by atoms with Crippen molar-refractivity contribution in [1.82, 2.24) is 5.32 Å². The molecule has 0 saturated carbocycles. The van der Waals surface area contributed by atoms with Crippen LogP contribution in [0.4, 0.5) is 15.8 Å². The van der Waals surface area contributed by atoms with Gasteiger partial charge in [-0.25, -0.2) is 4.39 Å². The number of nitro groups is 1. The average molecular weight is 389 g/mol. The molecule has 0 aliphatic carbocycles. The van der Waals surface area contributed by atoms with Crippen LogP contribution in [0, 0.1) is 15.9 Å². The van der Waals surface area contributed by atoms with E-state index in [1.807, 2.05) is 0 Å². The molecule has 0 radical (unpaired) electrons. The van der Waals surface area contributed by atoms with Gasteiger partial charge in [0.2, 0.25) is 5.75 Å². The number of para-hydroxylation sites is 2. The Morgan fingerprint density at radius 3 is 2.82 bits per heavy atom. The van der Waals surface area contributed by atoms with Crippen molar-refractivity contribution in [2.45, 2.75) is 6.10 Å². The largest absolute Gasteiger partial charge is 0.477 e. The van der Waals surface area contributed by atoms with Crippen LogP contribution in [0.25, 0.3) is 0 Å². The summed E-state index contributed by atoms with van der Waals surface area (Å²) in [6.07, 6.45) is -0.924. The minimum absolute atomic E-state index is 0.0654. The molecule has 3 rings (SSSR count). The van der Waals surface area contributed by atoms with Gasteiger partial charge in [-0.1, -0.05) is 12.1 Å². The zero-order valence-electron chi connectivity index (χ0n) is 14.8. The Labute approximate surface area is 158 Å². The van der Waals surface area contributed by atoms with Crippen LogP contribution in [0.3, 0.4) is 0 Å². The van der Waals surface area contributed by atoms with Gasteiger partial charge in [0, 0.05) is 19.2 Å². The van der Waals surface area contributed by atoms with E-state index in [2.05, 4.69) is 5.32 Å². The zero-order chi connectivity index (χ0) is 20.3. The first-order chi connectivity index (χ1) is 13.4. The van der Waals surface area contributed by atoms with Crippen LogP contribution in [-0.2, 0) is 9.59 Å². The highest BCUT2D eigenvalue weighted by atomic mass is 19.1. The van der Waals surface area contributed by atoms with E-state index in [1.165, 1.54) is 11.9 Å². The van der Waals surface area contributed by atoms with E-state index < -0.39 is 41.0 Å². The van der Waals surface area contributed by atoms with E-state index in [1.54, 1.807) is 24.3 Å². The lowest BCUT2D eigenvalue weighted by Gasteiger charge is -2.33. The van der Waals surface area contributed by atoms with Gasteiger partial charge in [-0.15, -0.1) is 0 Å². The lowest BCUT2D eigenvalue weighted by molar-refractivity contribution is -0.385. The summed E-state index contributed by atoms with van der Waals surface area (Å²) < 4.78 is 24.2. The molecule has 28 heavy (non-hydrogen) atoms. The molecule has 0 saturated heterocycles. The average Bonchev–Trinajstić information content (AvgIpc) is 2.70. The molecule has 9 nitrogen and oxygen atoms in total. The lowest BCUT2D eigenvalue weighted by atomic mass is 10.1. The predicted octanol–water partition coefficient (Wildman–Crippen LogP) is 1.65. The summed E-state index contributed by atoms with van der Waals surface area (Å²) in [4.78, 5) is 36.3. The van der Waals surface area contributed by atoms with E-state index in [9.17, 15) is 24.1 Å². The number of carbonyl (C=O) groups is 2. The maximum atomic E-state index is 13.4. The fourth-order valence-corrected chi connectivity index (χ4v) is 2.74. The quantitative estimate of drug-likeness (QED) is 0.615. The lowest BCUT2D eigenvalue weighted by Crippen LogP contribution is -2.51.